The van der Waals surface area contributed by atoms with Crippen LogP contribution in [0.25, 0.3) is 0 Å². The van der Waals surface area contributed by atoms with Gasteiger partial charge in [-0.05, 0) is 62.5 Å². The Labute approximate surface area is 157 Å². The second-order valence-corrected chi connectivity index (χ2v) is 6.26. The number of carbonyl (C=O) groups excluding carboxylic acids is 1. The number of hydrogen-bond acceptors (Lipinski definition) is 4. The van der Waals surface area contributed by atoms with E-state index in [1.807, 2.05) is 29.2 Å². The Bertz CT molecular complexity index is 488. The first-order valence-corrected chi connectivity index (χ1v) is 8.98. The van der Waals surface area contributed by atoms with Crippen molar-refractivity contribution in [1.82, 2.24) is 10.2 Å². The third kappa shape index (κ3) is 7.53. The molecule has 1 amide bonds. The summed E-state index contributed by atoms with van der Waals surface area (Å²) in [5, 5.41) is 3.40. The lowest BCUT2D eigenvalue weighted by Gasteiger charge is -2.32. The molecule has 5 nitrogen and oxygen atoms in total. The van der Waals surface area contributed by atoms with Crippen LogP contribution < -0.4 is 14.8 Å². The van der Waals surface area contributed by atoms with Crippen LogP contribution in [0, 0.1) is 5.92 Å². The fourth-order valence-electron chi connectivity index (χ4n) is 2.98. The Morgan fingerprint density at radius 2 is 1.84 bits per heavy atom. The fourth-order valence-corrected chi connectivity index (χ4v) is 2.98. The minimum absolute atomic E-state index is 0. The van der Waals surface area contributed by atoms with E-state index in [0.29, 0.717) is 18.9 Å². The van der Waals surface area contributed by atoms with Crippen LogP contribution in [0.4, 0.5) is 0 Å². The van der Waals surface area contributed by atoms with Crippen LogP contribution in [-0.4, -0.2) is 50.7 Å². The summed E-state index contributed by atoms with van der Waals surface area (Å²) in [6.45, 7) is 6.59. The summed E-state index contributed by atoms with van der Waals surface area (Å²) >= 11 is 0. The van der Waals surface area contributed by atoms with Gasteiger partial charge in [0.05, 0.1) is 13.7 Å². The van der Waals surface area contributed by atoms with E-state index < -0.39 is 0 Å². The normalized spacial score (nSPS) is 14.7. The van der Waals surface area contributed by atoms with Gasteiger partial charge in [-0.3, -0.25) is 4.79 Å². The highest BCUT2D eigenvalue weighted by Crippen LogP contribution is 2.19. The van der Waals surface area contributed by atoms with Gasteiger partial charge < -0.3 is 19.7 Å². The lowest BCUT2D eigenvalue weighted by molar-refractivity contribution is -0.132. The molecule has 2 rings (SSSR count). The lowest BCUT2D eigenvalue weighted by Crippen LogP contribution is -2.40. The summed E-state index contributed by atoms with van der Waals surface area (Å²) in [5.41, 5.74) is 0. The maximum absolute atomic E-state index is 12.3. The van der Waals surface area contributed by atoms with Crippen molar-refractivity contribution >= 4 is 18.3 Å². The van der Waals surface area contributed by atoms with Crippen molar-refractivity contribution in [2.24, 2.45) is 5.92 Å². The van der Waals surface area contributed by atoms with Crippen LogP contribution in [0.3, 0.4) is 0 Å². The number of benzene rings is 1. The van der Waals surface area contributed by atoms with Gasteiger partial charge in [-0.2, -0.15) is 0 Å². The Morgan fingerprint density at radius 1 is 1.20 bits per heavy atom. The van der Waals surface area contributed by atoms with E-state index >= 15 is 0 Å². The molecule has 0 aliphatic carbocycles. The highest BCUT2D eigenvalue weighted by molar-refractivity contribution is 5.85. The molecule has 0 spiro atoms. The highest BCUT2D eigenvalue weighted by Gasteiger charge is 2.21. The second kappa shape index (κ2) is 12.0. The van der Waals surface area contributed by atoms with Gasteiger partial charge in [0.2, 0.25) is 5.91 Å². The molecule has 1 aliphatic heterocycles. The number of nitrogens with zero attached hydrogens (tertiary/aromatic N) is 1. The maximum Gasteiger partial charge on any atom is 0.222 e. The molecule has 0 radical (unpaired) electrons. The highest BCUT2D eigenvalue weighted by atomic mass is 35.5. The number of methoxy groups -OCH3 is 1. The van der Waals surface area contributed by atoms with Gasteiger partial charge in [-0.1, -0.05) is 6.92 Å². The molecule has 0 unspecified atom stereocenters. The fraction of sp³-hybridized carbons (Fsp3) is 0.632. The summed E-state index contributed by atoms with van der Waals surface area (Å²) in [7, 11) is 1.64. The number of piperidine rings is 1. The van der Waals surface area contributed by atoms with Crippen molar-refractivity contribution in [3.05, 3.63) is 24.3 Å². The second-order valence-electron chi connectivity index (χ2n) is 6.26. The topological polar surface area (TPSA) is 50.8 Å². The van der Waals surface area contributed by atoms with Crippen LogP contribution in [-0.2, 0) is 4.79 Å². The Balaban J connectivity index is 0.00000312. The van der Waals surface area contributed by atoms with E-state index in [2.05, 4.69) is 12.2 Å². The van der Waals surface area contributed by atoms with E-state index in [4.69, 9.17) is 9.47 Å². The van der Waals surface area contributed by atoms with Gasteiger partial charge in [0.1, 0.15) is 11.5 Å². The molecule has 0 atom stereocenters. The third-order valence-electron chi connectivity index (χ3n) is 4.51. The molecule has 0 bridgehead atoms. The molecule has 0 saturated carbocycles. The number of halogens is 1. The van der Waals surface area contributed by atoms with Crippen molar-refractivity contribution in [3.63, 3.8) is 0 Å². The summed E-state index contributed by atoms with van der Waals surface area (Å²) in [4.78, 5) is 14.3. The molecule has 25 heavy (non-hydrogen) atoms. The molecule has 1 N–H and O–H groups in total. The lowest BCUT2D eigenvalue weighted by atomic mass is 9.96. The predicted octanol–water partition coefficient (Wildman–Crippen LogP) is 3.12. The van der Waals surface area contributed by atoms with E-state index in [1.54, 1.807) is 7.11 Å². The Morgan fingerprint density at radius 3 is 2.44 bits per heavy atom. The number of likely N-dealkylation sites (tertiary alicyclic amines) is 1. The maximum atomic E-state index is 12.3. The quantitative estimate of drug-likeness (QED) is 0.678. The van der Waals surface area contributed by atoms with E-state index in [9.17, 15) is 4.79 Å². The standard InChI is InChI=1S/C19H30N2O3.ClH/c1-3-20-15-16-10-12-21(13-11-16)19(22)5-4-14-24-18-8-6-17(23-2)7-9-18;/h6-9,16,20H,3-5,10-15H2,1-2H3;1H. The average molecular weight is 371 g/mol. The zero-order valence-corrected chi connectivity index (χ0v) is 16.1. The molecule has 1 saturated heterocycles. The van der Waals surface area contributed by atoms with Gasteiger partial charge in [0, 0.05) is 19.5 Å². The minimum atomic E-state index is 0. The van der Waals surface area contributed by atoms with Gasteiger partial charge in [0.25, 0.3) is 0 Å². The molecule has 1 aliphatic rings. The van der Waals surface area contributed by atoms with Crippen LogP contribution in [0.15, 0.2) is 24.3 Å². The van der Waals surface area contributed by atoms with E-state index in [0.717, 1.165) is 56.9 Å². The number of hydrogen-bond donors (Lipinski definition) is 1. The molecular formula is C19H31ClN2O3. The average Bonchev–Trinajstić information content (AvgIpc) is 2.64. The third-order valence-corrected chi connectivity index (χ3v) is 4.51. The molecular weight excluding hydrogens is 340 g/mol. The summed E-state index contributed by atoms with van der Waals surface area (Å²) in [5.74, 6) is 2.60. The number of nitrogens with one attached hydrogen (secondary N) is 1. The zero-order chi connectivity index (χ0) is 17.2. The van der Waals surface area contributed by atoms with Crippen molar-refractivity contribution < 1.29 is 14.3 Å². The largest absolute Gasteiger partial charge is 0.497 e. The van der Waals surface area contributed by atoms with Crippen molar-refractivity contribution in [1.29, 1.82) is 0 Å². The number of amides is 1. The summed E-state index contributed by atoms with van der Waals surface area (Å²) < 4.78 is 10.8. The molecule has 1 aromatic carbocycles. The van der Waals surface area contributed by atoms with E-state index in [-0.39, 0.29) is 18.3 Å². The summed E-state index contributed by atoms with van der Waals surface area (Å²) in [6, 6.07) is 7.52. The molecule has 6 heteroatoms. The van der Waals surface area contributed by atoms with Gasteiger partial charge in [-0.15, -0.1) is 12.4 Å². The Kier molecular flexibility index (Phi) is 10.3. The van der Waals surface area contributed by atoms with Gasteiger partial charge in [-0.25, -0.2) is 0 Å². The number of carbonyl (C=O) groups is 1. The van der Waals surface area contributed by atoms with Crippen molar-refractivity contribution in [2.45, 2.75) is 32.6 Å². The SMILES string of the molecule is CCNCC1CCN(C(=O)CCCOc2ccc(OC)cc2)CC1.Cl. The van der Waals surface area contributed by atoms with Crippen molar-refractivity contribution in [2.75, 3.05) is 39.9 Å². The van der Waals surface area contributed by atoms with Crippen molar-refractivity contribution in [3.8, 4) is 11.5 Å². The predicted molar refractivity (Wildman–Crippen MR) is 103 cm³/mol. The van der Waals surface area contributed by atoms with Crippen LogP contribution >= 0.6 is 12.4 Å². The smallest absolute Gasteiger partial charge is 0.222 e. The molecule has 1 fully saturated rings. The minimum Gasteiger partial charge on any atom is -0.497 e. The first-order valence-electron chi connectivity index (χ1n) is 8.98. The van der Waals surface area contributed by atoms with Gasteiger partial charge >= 0.3 is 0 Å². The molecule has 142 valence electrons. The monoisotopic (exact) mass is 370 g/mol. The first-order chi connectivity index (χ1) is 11.7. The summed E-state index contributed by atoms with van der Waals surface area (Å²) in [6.07, 6.45) is 3.54. The number of rotatable bonds is 9. The van der Waals surface area contributed by atoms with E-state index in [1.165, 1.54) is 0 Å². The van der Waals surface area contributed by atoms with Crippen LogP contribution in [0.1, 0.15) is 32.6 Å². The number of ether oxygens (including phenoxy) is 2. The molecule has 1 heterocycles. The van der Waals surface area contributed by atoms with Crippen LogP contribution in [0.5, 0.6) is 11.5 Å². The zero-order valence-electron chi connectivity index (χ0n) is 15.3. The molecule has 1 aromatic rings. The van der Waals surface area contributed by atoms with Gasteiger partial charge in [0.15, 0.2) is 0 Å². The Hall–Kier alpha value is -1.46. The first kappa shape index (κ1) is 21.6. The van der Waals surface area contributed by atoms with Crippen LogP contribution in [0.2, 0.25) is 0 Å². The molecule has 0 aromatic heterocycles.